The van der Waals surface area contributed by atoms with Crippen LogP contribution in [-0.4, -0.2) is 71.2 Å². The van der Waals surface area contributed by atoms with E-state index in [0.29, 0.717) is 32.2 Å². The fourth-order valence-corrected chi connectivity index (χ4v) is 6.50. The fraction of sp³-hybridized carbons (Fsp3) is 0.875. The summed E-state index contributed by atoms with van der Waals surface area (Å²) < 4.78 is 6.37. The van der Waals surface area contributed by atoms with E-state index in [9.17, 15) is 14.4 Å². The van der Waals surface area contributed by atoms with Gasteiger partial charge >= 0.3 is 0 Å². The summed E-state index contributed by atoms with van der Waals surface area (Å²) >= 11 is 0. The maximum absolute atomic E-state index is 13.7. The molecule has 32 heavy (non-hydrogen) atoms. The van der Waals surface area contributed by atoms with Crippen LogP contribution in [0.3, 0.4) is 0 Å². The average molecular weight is 452 g/mol. The predicted molar refractivity (Wildman–Crippen MR) is 121 cm³/mol. The van der Waals surface area contributed by atoms with E-state index in [1.54, 1.807) is 11.9 Å². The summed E-state index contributed by atoms with van der Waals surface area (Å²) in [6.07, 6.45) is 3.86. The number of amides is 3. The van der Waals surface area contributed by atoms with Gasteiger partial charge in [0, 0.05) is 25.7 Å². The first kappa shape index (κ1) is 25.0. The summed E-state index contributed by atoms with van der Waals surface area (Å²) in [4.78, 5) is 41.7. The standard InChI is InChI=1S/C24H41N3O5/c1-22(2,3)14-23(4,5)26-20(30)18-24-11-10-15(32-24)16(19(29)25-6)17(24)21(31)27(18)12-8-7-9-13-28/h15-18,28H,7-14H2,1-6H3,(H,25,29)(H,26,30)/t15-,16+,17-,18?,24?/m0/s1. The fourth-order valence-electron chi connectivity index (χ4n) is 6.50. The van der Waals surface area contributed by atoms with Crippen molar-refractivity contribution < 1.29 is 24.2 Å². The van der Waals surface area contributed by atoms with Crippen LogP contribution < -0.4 is 10.6 Å². The van der Waals surface area contributed by atoms with Crippen LogP contribution in [0.4, 0.5) is 0 Å². The van der Waals surface area contributed by atoms with E-state index in [-0.39, 0.29) is 35.8 Å². The zero-order valence-electron chi connectivity index (χ0n) is 20.5. The quantitative estimate of drug-likeness (QED) is 0.462. The number of nitrogens with zero attached hydrogens (tertiary/aromatic N) is 1. The van der Waals surface area contributed by atoms with E-state index >= 15 is 0 Å². The van der Waals surface area contributed by atoms with Crippen molar-refractivity contribution in [2.24, 2.45) is 17.3 Å². The molecule has 3 fully saturated rings. The largest absolute Gasteiger partial charge is 0.396 e. The monoisotopic (exact) mass is 451 g/mol. The van der Waals surface area contributed by atoms with Crippen LogP contribution in [0.5, 0.6) is 0 Å². The second-order valence-corrected chi connectivity index (χ2v) is 11.6. The van der Waals surface area contributed by atoms with Crippen molar-refractivity contribution in [1.82, 2.24) is 15.5 Å². The third-order valence-electron chi connectivity index (χ3n) is 7.09. The van der Waals surface area contributed by atoms with E-state index < -0.39 is 29.0 Å². The third kappa shape index (κ3) is 4.53. The van der Waals surface area contributed by atoms with Crippen LogP contribution in [-0.2, 0) is 19.1 Å². The van der Waals surface area contributed by atoms with E-state index in [1.807, 2.05) is 13.8 Å². The van der Waals surface area contributed by atoms with Crippen molar-refractivity contribution in [2.75, 3.05) is 20.2 Å². The molecule has 0 saturated carbocycles. The number of aliphatic hydroxyl groups excluding tert-OH is 1. The highest BCUT2D eigenvalue weighted by molar-refractivity contribution is 5.99. The van der Waals surface area contributed by atoms with Gasteiger partial charge in [0.1, 0.15) is 11.6 Å². The minimum absolute atomic E-state index is 0.0275. The molecule has 182 valence electrons. The van der Waals surface area contributed by atoms with Gasteiger partial charge in [0.15, 0.2) is 0 Å². The molecule has 3 N–H and O–H groups in total. The Labute approximate surface area is 191 Å². The maximum atomic E-state index is 13.7. The smallest absolute Gasteiger partial charge is 0.246 e. The first-order chi connectivity index (χ1) is 14.9. The summed E-state index contributed by atoms with van der Waals surface area (Å²) in [5, 5.41) is 15.0. The second kappa shape index (κ2) is 8.93. The molecule has 5 atom stereocenters. The van der Waals surface area contributed by atoms with Crippen molar-refractivity contribution in [2.45, 2.75) is 96.4 Å². The zero-order chi connectivity index (χ0) is 23.9. The van der Waals surface area contributed by atoms with Gasteiger partial charge in [0.25, 0.3) is 0 Å². The molecule has 3 rings (SSSR count). The van der Waals surface area contributed by atoms with Crippen LogP contribution in [0, 0.1) is 17.3 Å². The molecule has 1 spiro atoms. The molecule has 2 unspecified atom stereocenters. The van der Waals surface area contributed by atoms with Crippen LogP contribution in [0.15, 0.2) is 0 Å². The molecule has 0 aromatic carbocycles. The lowest BCUT2D eigenvalue weighted by Crippen LogP contribution is -2.59. The van der Waals surface area contributed by atoms with Crippen molar-refractivity contribution in [3.8, 4) is 0 Å². The molecule has 2 bridgehead atoms. The van der Waals surface area contributed by atoms with Gasteiger partial charge < -0.3 is 25.4 Å². The molecule has 0 aromatic rings. The molecule has 3 heterocycles. The molecule has 0 aromatic heterocycles. The topological polar surface area (TPSA) is 108 Å². The third-order valence-corrected chi connectivity index (χ3v) is 7.09. The lowest BCUT2D eigenvalue weighted by atomic mass is 9.70. The van der Waals surface area contributed by atoms with Crippen molar-refractivity contribution in [1.29, 1.82) is 0 Å². The first-order valence-corrected chi connectivity index (χ1v) is 12.0. The Morgan fingerprint density at radius 1 is 1.16 bits per heavy atom. The highest BCUT2D eigenvalue weighted by atomic mass is 16.5. The van der Waals surface area contributed by atoms with Crippen molar-refractivity contribution >= 4 is 17.7 Å². The highest BCUT2D eigenvalue weighted by Gasteiger charge is 2.74. The molecule has 3 amide bonds. The number of fused-ring (bicyclic) bond motifs is 1. The van der Waals surface area contributed by atoms with Crippen molar-refractivity contribution in [3.63, 3.8) is 0 Å². The minimum atomic E-state index is -0.947. The number of likely N-dealkylation sites (tertiary alicyclic amines) is 1. The molecular weight excluding hydrogens is 410 g/mol. The Morgan fingerprint density at radius 2 is 1.84 bits per heavy atom. The zero-order valence-corrected chi connectivity index (χ0v) is 20.5. The lowest BCUT2D eigenvalue weighted by molar-refractivity contribution is -0.143. The number of rotatable bonds is 9. The molecule has 3 aliphatic heterocycles. The Kier molecular flexibility index (Phi) is 6.97. The number of hydrogen-bond donors (Lipinski definition) is 3. The summed E-state index contributed by atoms with van der Waals surface area (Å²) in [5.41, 5.74) is -1.37. The lowest BCUT2D eigenvalue weighted by Gasteiger charge is -2.38. The number of nitrogens with one attached hydrogen (secondary N) is 2. The number of ether oxygens (including phenoxy) is 1. The second-order valence-electron chi connectivity index (χ2n) is 11.6. The van der Waals surface area contributed by atoms with E-state index in [4.69, 9.17) is 9.84 Å². The van der Waals surface area contributed by atoms with Gasteiger partial charge in [-0.25, -0.2) is 0 Å². The van der Waals surface area contributed by atoms with E-state index in [1.165, 1.54) is 0 Å². The number of carbonyl (C=O) groups is 3. The average Bonchev–Trinajstić information content (AvgIpc) is 3.29. The molecule has 8 heteroatoms. The first-order valence-electron chi connectivity index (χ1n) is 12.0. The van der Waals surface area contributed by atoms with E-state index in [2.05, 4.69) is 31.4 Å². The molecule has 3 saturated heterocycles. The summed E-state index contributed by atoms with van der Waals surface area (Å²) in [6.45, 7) is 11.0. The molecule has 8 nitrogen and oxygen atoms in total. The van der Waals surface area contributed by atoms with E-state index in [0.717, 1.165) is 12.8 Å². The van der Waals surface area contributed by atoms with Gasteiger partial charge in [-0.1, -0.05) is 20.8 Å². The number of carbonyl (C=O) groups excluding carboxylic acids is 3. The van der Waals surface area contributed by atoms with Crippen LogP contribution >= 0.6 is 0 Å². The van der Waals surface area contributed by atoms with Gasteiger partial charge in [0.05, 0.1) is 17.9 Å². The number of unbranched alkanes of at least 4 members (excludes halogenated alkanes) is 2. The van der Waals surface area contributed by atoms with Crippen LogP contribution in [0.1, 0.15) is 73.1 Å². The van der Waals surface area contributed by atoms with Gasteiger partial charge in [-0.05, 0) is 57.8 Å². The molecule has 0 radical (unpaired) electrons. The van der Waals surface area contributed by atoms with Crippen LogP contribution in [0.2, 0.25) is 0 Å². The number of hydrogen-bond acceptors (Lipinski definition) is 5. The minimum Gasteiger partial charge on any atom is -0.396 e. The molecule has 3 aliphatic rings. The summed E-state index contributed by atoms with van der Waals surface area (Å²) in [7, 11) is 1.58. The Balaban J connectivity index is 1.90. The van der Waals surface area contributed by atoms with Gasteiger partial charge in [-0.3, -0.25) is 14.4 Å². The number of aliphatic hydroxyl groups is 1. The Hall–Kier alpha value is -1.67. The van der Waals surface area contributed by atoms with Crippen LogP contribution in [0.25, 0.3) is 0 Å². The highest BCUT2D eigenvalue weighted by Crippen LogP contribution is 2.58. The van der Waals surface area contributed by atoms with Gasteiger partial charge in [0.2, 0.25) is 17.7 Å². The van der Waals surface area contributed by atoms with Gasteiger partial charge in [-0.2, -0.15) is 0 Å². The summed E-state index contributed by atoms with van der Waals surface area (Å²) in [6, 6.07) is -0.743. The predicted octanol–water partition coefficient (Wildman–Crippen LogP) is 1.60. The van der Waals surface area contributed by atoms with Crippen molar-refractivity contribution in [3.05, 3.63) is 0 Å². The Morgan fingerprint density at radius 3 is 2.44 bits per heavy atom. The maximum Gasteiger partial charge on any atom is 0.246 e. The normalized spacial score (nSPS) is 31.7. The molecule has 0 aliphatic carbocycles. The molecular formula is C24H41N3O5. The summed E-state index contributed by atoms with van der Waals surface area (Å²) in [5.74, 6) is -1.72. The Bertz CT molecular complexity index is 746. The SMILES string of the molecule is CNC(=O)[C@@H]1[C@@H]2CCC3(O2)C(C(=O)NC(C)(C)CC(C)(C)C)N(CCCCCO)C(=O)[C@H]13. The van der Waals surface area contributed by atoms with Gasteiger partial charge in [-0.15, -0.1) is 0 Å².